The summed E-state index contributed by atoms with van der Waals surface area (Å²) in [4.78, 5) is 4.59. The Morgan fingerprint density at radius 2 is 2.53 bits per heavy atom. The quantitative estimate of drug-likeness (QED) is 0.746. The summed E-state index contributed by atoms with van der Waals surface area (Å²) in [6.45, 7) is 1.51. The van der Waals surface area contributed by atoms with E-state index in [-0.39, 0.29) is 0 Å². The Balaban J connectivity index is 2.15. The zero-order valence-corrected chi connectivity index (χ0v) is 9.09. The summed E-state index contributed by atoms with van der Waals surface area (Å²) >= 11 is 4.96. The van der Waals surface area contributed by atoms with Crippen molar-refractivity contribution in [1.29, 1.82) is 0 Å². The molecule has 1 aromatic rings. The van der Waals surface area contributed by atoms with Crippen molar-refractivity contribution in [3.05, 3.63) is 23.9 Å². The number of rotatable bonds is 3. The SMILES string of the molecule is NC(=S)c1cccnc1NC1CCOC1. The molecular formula is C10H13N3OS. The lowest BCUT2D eigenvalue weighted by atomic mass is 10.2. The second kappa shape index (κ2) is 4.55. The van der Waals surface area contributed by atoms with Gasteiger partial charge in [-0.15, -0.1) is 0 Å². The van der Waals surface area contributed by atoms with Gasteiger partial charge in [-0.1, -0.05) is 12.2 Å². The van der Waals surface area contributed by atoms with Gasteiger partial charge in [0.25, 0.3) is 0 Å². The number of nitrogens with two attached hydrogens (primary N) is 1. The summed E-state index contributed by atoms with van der Waals surface area (Å²) in [5.41, 5.74) is 6.40. The van der Waals surface area contributed by atoms with Gasteiger partial charge in [-0.05, 0) is 18.6 Å². The van der Waals surface area contributed by atoms with E-state index in [0.717, 1.165) is 24.4 Å². The summed E-state index contributed by atoms with van der Waals surface area (Å²) in [6.07, 6.45) is 2.72. The fourth-order valence-corrected chi connectivity index (χ4v) is 1.73. The molecule has 0 bridgehead atoms. The maximum Gasteiger partial charge on any atom is 0.136 e. The number of pyridine rings is 1. The summed E-state index contributed by atoms with van der Waals surface area (Å²) in [7, 11) is 0. The molecule has 2 heterocycles. The normalized spacial score (nSPS) is 20.1. The Morgan fingerprint density at radius 1 is 1.67 bits per heavy atom. The van der Waals surface area contributed by atoms with Gasteiger partial charge in [0.05, 0.1) is 18.2 Å². The highest BCUT2D eigenvalue weighted by molar-refractivity contribution is 7.80. The van der Waals surface area contributed by atoms with Crippen LogP contribution in [0.1, 0.15) is 12.0 Å². The van der Waals surface area contributed by atoms with E-state index in [9.17, 15) is 0 Å². The zero-order valence-electron chi connectivity index (χ0n) is 8.27. The van der Waals surface area contributed by atoms with E-state index in [4.69, 9.17) is 22.7 Å². The highest BCUT2D eigenvalue weighted by Gasteiger charge is 2.17. The van der Waals surface area contributed by atoms with Gasteiger partial charge in [0, 0.05) is 12.8 Å². The first kappa shape index (κ1) is 10.3. The van der Waals surface area contributed by atoms with Crippen LogP contribution >= 0.6 is 12.2 Å². The fraction of sp³-hybridized carbons (Fsp3) is 0.400. The van der Waals surface area contributed by atoms with Gasteiger partial charge in [0.1, 0.15) is 10.8 Å². The molecule has 0 aliphatic carbocycles. The summed E-state index contributed by atoms with van der Waals surface area (Å²) in [5.74, 6) is 0.750. The Hall–Kier alpha value is -1.20. The van der Waals surface area contributed by atoms with E-state index in [0.29, 0.717) is 17.6 Å². The Kier molecular flexibility index (Phi) is 3.13. The van der Waals surface area contributed by atoms with E-state index in [1.165, 1.54) is 0 Å². The molecule has 3 N–H and O–H groups in total. The molecule has 1 aromatic heterocycles. The second-order valence-corrected chi connectivity index (χ2v) is 3.91. The van der Waals surface area contributed by atoms with E-state index in [1.54, 1.807) is 6.20 Å². The third-order valence-corrected chi connectivity index (χ3v) is 2.56. The molecule has 5 heteroatoms. The van der Waals surface area contributed by atoms with Gasteiger partial charge in [0.15, 0.2) is 0 Å². The van der Waals surface area contributed by atoms with E-state index >= 15 is 0 Å². The van der Waals surface area contributed by atoms with Crippen LogP contribution in [0.3, 0.4) is 0 Å². The minimum absolute atomic E-state index is 0.313. The Morgan fingerprint density at radius 3 is 3.20 bits per heavy atom. The predicted octanol–water partition coefficient (Wildman–Crippen LogP) is 0.917. The van der Waals surface area contributed by atoms with Crippen molar-refractivity contribution in [1.82, 2.24) is 4.98 Å². The van der Waals surface area contributed by atoms with Crippen LogP contribution in [-0.4, -0.2) is 29.2 Å². The molecule has 0 amide bonds. The lowest BCUT2D eigenvalue weighted by Gasteiger charge is -2.13. The monoisotopic (exact) mass is 223 g/mol. The molecule has 2 rings (SSSR count). The number of ether oxygens (including phenoxy) is 1. The van der Waals surface area contributed by atoms with Crippen LogP contribution < -0.4 is 11.1 Å². The summed E-state index contributed by atoms with van der Waals surface area (Å²) in [5, 5.41) is 3.29. The molecule has 4 nitrogen and oxygen atoms in total. The lowest BCUT2D eigenvalue weighted by molar-refractivity contribution is 0.195. The molecule has 1 aliphatic rings. The standard InChI is InChI=1S/C10H13N3OS/c11-9(15)8-2-1-4-12-10(8)13-7-3-5-14-6-7/h1-2,4,7H,3,5-6H2,(H2,11,15)(H,12,13). The maximum atomic E-state index is 5.61. The number of aromatic nitrogens is 1. The van der Waals surface area contributed by atoms with Crippen LogP contribution in [-0.2, 0) is 4.74 Å². The van der Waals surface area contributed by atoms with Crippen molar-refractivity contribution in [3.8, 4) is 0 Å². The number of nitrogens with one attached hydrogen (secondary N) is 1. The number of thiocarbonyl (C=S) groups is 1. The van der Waals surface area contributed by atoms with Gasteiger partial charge < -0.3 is 15.8 Å². The Bertz CT molecular complexity index is 363. The van der Waals surface area contributed by atoms with Crippen molar-refractivity contribution in [2.24, 2.45) is 5.73 Å². The van der Waals surface area contributed by atoms with E-state index < -0.39 is 0 Å². The third kappa shape index (κ3) is 2.43. The smallest absolute Gasteiger partial charge is 0.136 e. The zero-order chi connectivity index (χ0) is 10.7. The van der Waals surface area contributed by atoms with Crippen molar-refractivity contribution in [2.45, 2.75) is 12.5 Å². The molecule has 1 atom stereocenters. The third-order valence-electron chi connectivity index (χ3n) is 2.34. The minimum atomic E-state index is 0.313. The molecule has 1 fully saturated rings. The average molecular weight is 223 g/mol. The molecule has 15 heavy (non-hydrogen) atoms. The minimum Gasteiger partial charge on any atom is -0.389 e. The molecule has 0 radical (unpaired) electrons. The molecule has 1 unspecified atom stereocenters. The van der Waals surface area contributed by atoms with Gasteiger partial charge in [-0.3, -0.25) is 0 Å². The number of hydrogen-bond donors (Lipinski definition) is 2. The van der Waals surface area contributed by atoms with Gasteiger partial charge in [0.2, 0.25) is 0 Å². The van der Waals surface area contributed by atoms with Crippen molar-refractivity contribution in [3.63, 3.8) is 0 Å². The predicted molar refractivity (Wildman–Crippen MR) is 63.0 cm³/mol. The van der Waals surface area contributed by atoms with Gasteiger partial charge >= 0.3 is 0 Å². The van der Waals surface area contributed by atoms with Crippen LogP contribution in [0, 0.1) is 0 Å². The first-order chi connectivity index (χ1) is 7.27. The van der Waals surface area contributed by atoms with Crippen LogP contribution in [0.4, 0.5) is 5.82 Å². The van der Waals surface area contributed by atoms with Crippen LogP contribution in [0.5, 0.6) is 0 Å². The van der Waals surface area contributed by atoms with E-state index in [2.05, 4.69) is 10.3 Å². The fourth-order valence-electron chi connectivity index (χ4n) is 1.56. The van der Waals surface area contributed by atoms with E-state index in [1.807, 2.05) is 12.1 Å². The lowest BCUT2D eigenvalue weighted by Crippen LogP contribution is -2.22. The molecule has 1 aliphatic heterocycles. The first-order valence-corrected chi connectivity index (χ1v) is 5.27. The Labute approximate surface area is 93.8 Å². The topological polar surface area (TPSA) is 60.2 Å². The maximum absolute atomic E-state index is 5.61. The van der Waals surface area contributed by atoms with Gasteiger partial charge in [-0.2, -0.15) is 0 Å². The highest BCUT2D eigenvalue weighted by Crippen LogP contribution is 2.15. The molecular weight excluding hydrogens is 210 g/mol. The van der Waals surface area contributed by atoms with Gasteiger partial charge in [-0.25, -0.2) is 4.98 Å². The van der Waals surface area contributed by atoms with Crippen molar-refractivity contribution in [2.75, 3.05) is 18.5 Å². The van der Waals surface area contributed by atoms with Crippen LogP contribution in [0.2, 0.25) is 0 Å². The summed E-state index contributed by atoms with van der Waals surface area (Å²) in [6, 6.07) is 4.01. The molecule has 1 saturated heterocycles. The highest BCUT2D eigenvalue weighted by atomic mass is 32.1. The average Bonchev–Trinajstić information content (AvgIpc) is 2.71. The van der Waals surface area contributed by atoms with Crippen LogP contribution in [0.15, 0.2) is 18.3 Å². The number of nitrogens with zero attached hydrogens (tertiary/aromatic N) is 1. The number of hydrogen-bond acceptors (Lipinski definition) is 4. The first-order valence-electron chi connectivity index (χ1n) is 4.86. The molecule has 0 aromatic carbocycles. The van der Waals surface area contributed by atoms with Crippen molar-refractivity contribution < 1.29 is 4.74 Å². The largest absolute Gasteiger partial charge is 0.389 e. The number of anilines is 1. The second-order valence-electron chi connectivity index (χ2n) is 3.47. The molecule has 0 spiro atoms. The molecule has 0 saturated carbocycles. The van der Waals surface area contributed by atoms with Crippen molar-refractivity contribution >= 4 is 23.0 Å². The summed E-state index contributed by atoms with van der Waals surface area (Å²) < 4.78 is 5.28. The molecule has 80 valence electrons. The van der Waals surface area contributed by atoms with Crippen LogP contribution in [0.25, 0.3) is 0 Å².